The summed E-state index contributed by atoms with van der Waals surface area (Å²) in [6.45, 7) is 0. The second-order valence-electron chi connectivity index (χ2n) is 1.03. The molecule has 1 aromatic rings. The van der Waals surface area contributed by atoms with Crippen LogP contribution in [0.25, 0.3) is 0 Å². The van der Waals surface area contributed by atoms with Crippen molar-refractivity contribution in [2.75, 3.05) is 0 Å². The highest BCUT2D eigenvalue weighted by atomic mass is 33.1. The van der Waals surface area contributed by atoms with Crippen molar-refractivity contribution < 1.29 is 0 Å². The minimum Gasteiger partial charge on any atom is -0.285 e. The molecule has 0 aliphatic heterocycles. The van der Waals surface area contributed by atoms with E-state index >= 15 is 0 Å². The normalized spacial score (nSPS) is 9.29. The zero-order valence-corrected chi connectivity index (χ0v) is 5.17. The second-order valence-corrected chi connectivity index (χ2v) is 2.23. The molecule has 0 fully saturated rings. The fraction of sp³-hybridized carbons (Fsp3) is 0. The van der Waals surface area contributed by atoms with E-state index in [9.17, 15) is 0 Å². The summed E-state index contributed by atoms with van der Waals surface area (Å²) in [5, 5.41) is 6.36. The van der Waals surface area contributed by atoms with Gasteiger partial charge in [0.2, 0.25) is 0 Å². The van der Waals surface area contributed by atoms with Gasteiger partial charge in [-0.3, -0.25) is 5.10 Å². The fourth-order valence-electron chi connectivity index (χ4n) is 0.289. The Kier molecular flexibility index (Phi) is 1.64. The quantitative estimate of drug-likeness (QED) is 0.446. The molecule has 0 radical (unpaired) electrons. The number of rotatable bonds is 1. The van der Waals surface area contributed by atoms with Gasteiger partial charge in [-0.1, -0.05) is 10.8 Å². The third-order valence-electron chi connectivity index (χ3n) is 0.579. The SMILES string of the molecule is SSc1cn[nH]c1. The van der Waals surface area contributed by atoms with E-state index in [2.05, 4.69) is 21.9 Å². The van der Waals surface area contributed by atoms with Crippen LogP contribution in [-0.4, -0.2) is 10.2 Å². The van der Waals surface area contributed by atoms with Crippen molar-refractivity contribution in [2.45, 2.75) is 4.90 Å². The maximum absolute atomic E-state index is 3.93. The van der Waals surface area contributed by atoms with Crippen molar-refractivity contribution >= 4 is 22.5 Å². The number of hydrogen-bond donors (Lipinski definition) is 2. The van der Waals surface area contributed by atoms with Crippen molar-refractivity contribution in [3.63, 3.8) is 0 Å². The molecule has 0 amide bonds. The average Bonchev–Trinajstić information content (AvgIpc) is 2.14. The highest BCUT2D eigenvalue weighted by Crippen LogP contribution is 2.17. The molecule has 0 aliphatic carbocycles. The zero-order valence-electron chi connectivity index (χ0n) is 3.46. The first-order valence-electron chi connectivity index (χ1n) is 1.73. The molecule has 0 aliphatic rings. The molecule has 38 valence electrons. The molecule has 1 heterocycles. The number of aromatic nitrogens is 2. The Morgan fingerprint density at radius 2 is 2.71 bits per heavy atom. The predicted molar refractivity (Wildman–Crippen MR) is 33.4 cm³/mol. The lowest BCUT2D eigenvalue weighted by Crippen LogP contribution is -1.53. The van der Waals surface area contributed by atoms with Crippen LogP contribution in [0.1, 0.15) is 0 Å². The van der Waals surface area contributed by atoms with Crippen LogP contribution in [0.2, 0.25) is 0 Å². The molecule has 0 saturated heterocycles. The molecule has 1 aromatic heterocycles. The van der Waals surface area contributed by atoms with Crippen LogP contribution in [0, 0.1) is 0 Å². The Morgan fingerprint density at radius 1 is 1.86 bits per heavy atom. The standard InChI is InChI=1S/C3H4N2S2/c6-7-3-1-4-5-2-3/h1-2,6H,(H,4,5). The highest BCUT2D eigenvalue weighted by molar-refractivity contribution is 8.68. The summed E-state index contributed by atoms with van der Waals surface area (Å²) in [4.78, 5) is 1.04. The minimum absolute atomic E-state index is 1.04. The number of hydrogen-bond acceptors (Lipinski definition) is 3. The molecule has 0 atom stereocenters. The second kappa shape index (κ2) is 2.28. The van der Waals surface area contributed by atoms with Gasteiger partial charge in [0.05, 0.1) is 11.1 Å². The van der Waals surface area contributed by atoms with Gasteiger partial charge in [0, 0.05) is 6.20 Å². The van der Waals surface area contributed by atoms with Crippen LogP contribution in [-0.2, 0) is 0 Å². The third-order valence-corrected chi connectivity index (χ3v) is 1.65. The summed E-state index contributed by atoms with van der Waals surface area (Å²) in [7, 11) is 1.38. The van der Waals surface area contributed by atoms with E-state index in [1.807, 2.05) is 0 Å². The van der Waals surface area contributed by atoms with Crippen LogP contribution >= 0.6 is 22.5 Å². The van der Waals surface area contributed by atoms with E-state index in [-0.39, 0.29) is 0 Å². The van der Waals surface area contributed by atoms with Gasteiger partial charge in [0.1, 0.15) is 0 Å². The smallest absolute Gasteiger partial charge is 0.0632 e. The molecule has 1 N–H and O–H groups in total. The van der Waals surface area contributed by atoms with Crippen molar-refractivity contribution in [1.82, 2.24) is 10.2 Å². The molecule has 0 aromatic carbocycles. The van der Waals surface area contributed by atoms with Crippen LogP contribution in [0.3, 0.4) is 0 Å². The summed E-state index contributed by atoms with van der Waals surface area (Å²) in [6, 6.07) is 0. The van der Waals surface area contributed by atoms with E-state index in [0.717, 1.165) is 4.90 Å². The van der Waals surface area contributed by atoms with E-state index < -0.39 is 0 Å². The van der Waals surface area contributed by atoms with E-state index in [4.69, 9.17) is 0 Å². The van der Waals surface area contributed by atoms with Gasteiger partial charge in [-0.15, -0.1) is 11.7 Å². The van der Waals surface area contributed by atoms with Crippen LogP contribution < -0.4 is 0 Å². The van der Waals surface area contributed by atoms with Gasteiger partial charge >= 0.3 is 0 Å². The molecule has 0 unspecified atom stereocenters. The Bertz CT molecular complexity index is 125. The van der Waals surface area contributed by atoms with Crippen molar-refractivity contribution in [3.8, 4) is 0 Å². The lowest BCUT2D eigenvalue weighted by molar-refractivity contribution is 1.09. The zero-order chi connectivity index (χ0) is 5.11. The number of thiol groups is 1. The van der Waals surface area contributed by atoms with Crippen LogP contribution in [0.15, 0.2) is 17.3 Å². The minimum atomic E-state index is 1.04. The Hall–Kier alpha value is -0.0900. The summed E-state index contributed by atoms with van der Waals surface area (Å²) >= 11 is 3.93. The molecule has 0 saturated carbocycles. The van der Waals surface area contributed by atoms with Crippen LogP contribution in [0.4, 0.5) is 0 Å². The first-order valence-corrected chi connectivity index (χ1v) is 3.60. The monoisotopic (exact) mass is 132 g/mol. The number of nitrogens with one attached hydrogen (secondary N) is 1. The van der Waals surface area contributed by atoms with Crippen molar-refractivity contribution in [3.05, 3.63) is 12.4 Å². The Balaban J connectivity index is 2.76. The highest BCUT2D eigenvalue weighted by Gasteiger charge is 1.84. The topological polar surface area (TPSA) is 28.7 Å². The predicted octanol–water partition coefficient (Wildman–Crippen LogP) is 1.35. The molecule has 2 nitrogen and oxygen atoms in total. The molecular weight excluding hydrogens is 128 g/mol. The third kappa shape index (κ3) is 1.14. The molecule has 1 rings (SSSR count). The van der Waals surface area contributed by atoms with E-state index in [0.29, 0.717) is 0 Å². The van der Waals surface area contributed by atoms with Gasteiger partial charge in [-0.2, -0.15) is 5.10 Å². The van der Waals surface area contributed by atoms with Crippen LogP contribution in [0.5, 0.6) is 0 Å². The summed E-state index contributed by atoms with van der Waals surface area (Å²) in [5.41, 5.74) is 0. The largest absolute Gasteiger partial charge is 0.285 e. The van der Waals surface area contributed by atoms with E-state index in [1.54, 1.807) is 12.4 Å². The fourth-order valence-corrected chi connectivity index (χ4v) is 0.794. The van der Waals surface area contributed by atoms with Crippen molar-refractivity contribution in [1.29, 1.82) is 0 Å². The van der Waals surface area contributed by atoms with Gasteiger partial charge in [-0.25, -0.2) is 0 Å². The summed E-state index contributed by atoms with van der Waals surface area (Å²) in [5.74, 6) is 0. The molecule has 4 heteroatoms. The van der Waals surface area contributed by atoms with Crippen molar-refractivity contribution in [2.24, 2.45) is 0 Å². The Labute approximate surface area is 50.5 Å². The number of nitrogens with zero attached hydrogens (tertiary/aromatic N) is 1. The molecule has 7 heavy (non-hydrogen) atoms. The first-order chi connectivity index (χ1) is 3.43. The maximum atomic E-state index is 3.93. The average molecular weight is 132 g/mol. The number of aromatic amines is 1. The van der Waals surface area contributed by atoms with Gasteiger partial charge < -0.3 is 0 Å². The van der Waals surface area contributed by atoms with Gasteiger partial charge in [-0.05, 0) is 0 Å². The first kappa shape index (κ1) is 5.05. The summed E-state index contributed by atoms with van der Waals surface area (Å²) < 4.78 is 0. The Morgan fingerprint density at radius 3 is 3.00 bits per heavy atom. The lowest BCUT2D eigenvalue weighted by atomic mass is 10.8. The van der Waals surface area contributed by atoms with E-state index in [1.165, 1.54) is 10.8 Å². The van der Waals surface area contributed by atoms with Gasteiger partial charge in [0.15, 0.2) is 0 Å². The molecular formula is C3H4N2S2. The maximum Gasteiger partial charge on any atom is 0.0632 e. The lowest BCUT2D eigenvalue weighted by Gasteiger charge is -1.75. The van der Waals surface area contributed by atoms with Gasteiger partial charge in [0.25, 0.3) is 0 Å². The number of H-pyrrole nitrogens is 1. The molecule has 0 spiro atoms. The molecule has 0 bridgehead atoms. The summed E-state index contributed by atoms with van der Waals surface area (Å²) in [6.07, 6.45) is 3.51.